The van der Waals surface area contributed by atoms with Gasteiger partial charge in [-0.1, -0.05) is 0 Å². The first-order chi connectivity index (χ1) is 10.9. The highest BCUT2D eigenvalue weighted by Crippen LogP contribution is 2.40. The lowest BCUT2D eigenvalue weighted by molar-refractivity contribution is -0.0948. The lowest BCUT2D eigenvalue weighted by atomic mass is 9.96. The summed E-state index contributed by atoms with van der Waals surface area (Å²) in [5.74, 6) is 0.491. The van der Waals surface area contributed by atoms with Gasteiger partial charge >= 0.3 is 0 Å². The van der Waals surface area contributed by atoms with E-state index >= 15 is 0 Å². The summed E-state index contributed by atoms with van der Waals surface area (Å²) in [5.41, 5.74) is 2.48. The van der Waals surface area contributed by atoms with Crippen LogP contribution in [0.2, 0.25) is 0 Å². The fourth-order valence-corrected chi connectivity index (χ4v) is 3.01. The molecule has 1 fully saturated rings. The molecule has 4 N–H and O–H groups in total. The number of anilines is 1. The predicted molar refractivity (Wildman–Crippen MR) is 80.5 cm³/mol. The van der Waals surface area contributed by atoms with Gasteiger partial charge in [0, 0.05) is 6.20 Å². The number of aliphatic hydroxyl groups excluding tert-OH is 2. The molecule has 4 atom stereocenters. The second kappa shape index (κ2) is 5.69. The summed E-state index contributed by atoms with van der Waals surface area (Å²) in [6.07, 6.45) is 0.144. The molecular formula is C14H20N4O5. The first-order valence-electron chi connectivity index (χ1n) is 7.19. The van der Waals surface area contributed by atoms with E-state index in [-0.39, 0.29) is 0 Å². The third-order valence-corrected chi connectivity index (χ3v) is 4.18. The first-order valence-corrected chi connectivity index (χ1v) is 7.19. The summed E-state index contributed by atoms with van der Waals surface area (Å²) in [4.78, 5) is 13.3. The molecule has 0 spiro atoms. The Labute approximate surface area is 132 Å². The van der Waals surface area contributed by atoms with Crippen LogP contribution in [0.1, 0.15) is 18.7 Å². The molecule has 2 aromatic rings. The number of aliphatic hydroxyl groups is 3. The van der Waals surface area contributed by atoms with Crippen molar-refractivity contribution in [1.29, 1.82) is 0 Å². The van der Waals surface area contributed by atoms with Gasteiger partial charge in [0.25, 0.3) is 0 Å². The molecule has 0 bridgehead atoms. The normalized spacial score (nSPS) is 31.0. The minimum Gasteiger partial charge on any atom is -0.394 e. The molecule has 0 saturated carbocycles. The molecule has 4 unspecified atom stereocenters. The molecule has 1 saturated heterocycles. The van der Waals surface area contributed by atoms with Crippen molar-refractivity contribution in [3.05, 3.63) is 18.1 Å². The summed E-state index contributed by atoms with van der Waals surface area (Å²) < 4.78 is 7.28. The molecular weight excluding hydrogens is 304 g/mol. The fourth-order valence-electron chi connectivity index (χ4n) is 3.01. The maximum Gasteiger partial charge on any atom is 0.167 e. The minimum absolute atomic E-state index is 0.391. The third-order valence-electron chi connectivity index (χ3n) is 4.18. The van der Waals surface area contributed by atoms with E-state index in [0.29, 0.717) is 11.5 Å². The van der Waals surface area contributed by atoms with Gasteiger partial charge in [-0.05, 0) is 19.4 Å². The molecule has 126 valence electrons. The summed E-state index contributed by atoms with van der Waals surface area (Å²) in [5, 5.41) is 30.8. The van der Waals surface area contributed by atoms with Gasteiger partial charge in [0.1, 0.15) is 29.8 Å². The van der Waals surface area contributed by atoms with E-state index in [2.05, 4.69) is 15.4 Å². The second-order valence-corrected chi connectivity index (χ2v) is 5.83. The van der Waals surface area contributed by atoms with Crippen molar-refractivity contribution >= 4 is 16.9 Å². The Morgan fingerprint density at radius 1 is 1.48 bits per heavy atom. The highest BCUT2D eigenvalue weighted by Gasteiger charge is 2.53. The molecule has 0 amide bonds. The quantitative estimate of drug-likeness (QED) is 0.566. The Balaban J connectivity index is 2.13. The largest absolute Gasteiger partial charge is 0.394 e. The van der Waals surface area contributed by atoms with Crippen LogP contribution in [0, 0.1) is 6.92 Å². The van der Waals surface area contributed by atoms with E-state index in [1.54, 1.807) is 10.8 Å². The SMILES string of the molecule is CONc1ncnc2c1c(C)cn2C1OC(CO)C(O)C1(C)O. The van der Waals surface area contributed by atoms with Gasteiger partial charge in [-0.3, -0.25) is 4.84 Å². The zero-order valence-corrected chi connectivity index (χ0v) is 13.1. The third kappa shape index (κ3) is 2.37. The molecule has 9 heteroatoms. The molecule has 0 radical (unpaired) electrons. The summed E-state index contributed by atoms with van der Waals surface area (Å²) in [7, 11) is 1.48. The van der Waals surface area contributed by atoms with Gasteiger partial charge in [0.2, 0.25) is 0 Å². The Kier molecular flexibility index (Phi) is 3.98. The minimum atomic E-state index is -1.58. The zero-order valence-electron chi connectivity index (χ0n) is 13.1. The molecule has 9 nitrogen and oxygen atoms in total. The molecule has 23 heavy (non-hydrogen) atoms. The lowest BCUT2D eigenvalue weighted by Crippen LogP contribution is -2.44. The predicted octanol–water partition coefficient (Wildman–Crippen LogP) is -0.285. The van der Waals surface area contributed by atoms with E-state index in [1.165, 1.54) is 20.4 Å². The van der Waals surface area contributed by atoms with Crippen LogP contribution in [0.25, 0.3) is 11.0 Å². The van der Waals surface area contributed by atoms with Crippen LogP contribution in [0.15, 0.2) is 12.5 Å². The maximum absolute atomic E-state index is 10.6. The van der Waals surface area contributed by atoms with E-state index in [9.17, 15) is 15.3 Å². The number of hydrogen-bond acceptors (Lipinski definition) is 8. The fraction of sp³-hybridized carbons (Fsp3) is 0.571. The number of nitrogens with zero attached hydrogens (tertiary/aromatic N) is 3. The lowest BCUT2D eigenvalue weighted by Gasteiger charge is -2.27. The number of aromatic nitrogens is 3. The van der Waals surface area contributed by atoms with Crippen LogP contribution in [0.3, 0.4) is 0 Å². The average molecular weight is 324 g/mol. The van der Waals surface area contributed by atoms with E-state index in [4.69, 9.17) is 9.57 Å². The highest BCUT2D eigenvalue weighted by atomic mass is 16.6. The number of ether oxygens (including phenoxy) is 1. The number of aryl methyl sites for hydroxylation is 1. The van der Waals surface area contributed by atoms with Crippen molar-refractivity contribution in [3.63, 3.8) is 0 Å². The number of nitrogens with one attached hydrogen (secondary N) is 1. The van der Waals surface area contributed by atoms with Gasteiger partial charge in [0.15, 0.2) is 12.0 Å². The molecule has 1 aliphatic heterocycles. The van der Waals surface area contributed by atoms with Crippen molar-refractivity contribution in [3.8, 4) is 0 Å². The van der Waals surface area contributed by atoms with Gasteiger partial charge in [-0.15, -0.1) is 0 Å². The van der Waals surface area contributed by atoms with Gasteiger partial charge < -0.3 is 24.6 Å². The van der Waals surface area contributed by atoms with Crippen LogP contribution < -0.4 is 5.48 Å². The molecule has 2 aromatic heterocycles. The standard InChI is InChI=1S/C14H20N4O5/c1-7-4-18(12-9(7)11(17-22-3)15-6-16-12)13-14(2,21)10(20)8(5-19)23-13/h4,6,8,10,13,19-21H,5H2,1-3H3,(H,15,16,17). The van der Waals surface area contributed by atoms with Gasteiger partial charge in [-0.2, -0.15) is 0 Å². The van der Waals surface area contributed by atoms with Crippen molar-refractivity contribution in [1.82, 2.24) is 14.5 Å². The van der Waals surface area contributed by atoms with Crippen molar-refractivity contribution < 1.29 is 24.9 Å². The van der Waals surface area contributed by atoms with Gasteiger partial charge in [-0.25, -0.2) is 15.4 Å². The second-order valence-electron chi connectivity index (χ2n) is 5.83. The summed E-state index contributed by atoms with van der Waals surface area (Å²) >= 11 is 0. The Morgan fingerprint density at radius 2 is 2.22 bits per heavy atom. The van der Waals surface area contributed by atoms with Crippen molar-refractivity contribution in [2.75, 3.05) is 19.2 Å². The van der Waals surface area contributed by atoms with Crippen LogP contribution in [-0.4, -0.2) is 61.4 Å². The van der Waals surface area contributed by atoms with E-state index in [0.717, 1.165) is 10.9 Å². The molecule has 3 heterocycles. The Morgan fingerprint density at radius 3 is 2.83 bits per heavy atom. The Hall–Kier alpha value is -1.78. The summed E-state index contributed by atoms with van der Waals surface area (Å²) in [6.45, 7) is 2.94. The first kappa shape index (κ1) is 16.1. The van der Waals surface area contributed by atoms with Gasteiger partial charge in [0.05, 0.1) is 19.1 Å². The number of rotatable bonds is 4. The molecule has 1 aliphatic rings. The average Bonchev–Trinajstić information content (AvgIpc) is 2.96. The van der Waals surface area contributed by atoms with E-state index in [1.807, 2.05) is 6.92 Å². The Bertz CT molecular complexity index is 717. The van der Waals surface area contributed by atoms with Crippen molar-refractivity contribution in [2.45, 2.75) is 37.9 Å². The smallest absolute Gasteiger partial charge is 0.167 e. The number of fused-ring (bicyclic) bond motifs is 1. The number of hydrogen-bond donors (Lipinski definition) is 4. The monoisotopic (exact) mass is 324 g/mol. The van der Waals surface area contributed by atoms with Crippen molar-refractivity contribution in [2.24, 2.45) is 0 Å². The van der Waals surface area contributed by atoms with Crippen LogP contribution >= 0.6 is 0 Å². The van der Waals surface area contributed by atoms with E-state index < -0.39 is 30.6 Å². The van der Waals surface area contributed by atoms with Crippen LogP contribution in [-0.2, 0) is 9.57 Å². The highest BCUT2D eigenvalue weighted by molar-refractivity contribution is 5.90. The molecule has 3 rings (SSSR count). The topological polar surface area (TPSA) is 122 Å². The zero-order chi connectivity index (χ0) is 16.8. The maximum atomic E-state index is 10.6. The summed E-state index contributed by atoms with van der Waals surface area (Å²) in [6, 6.07) is 0. The van der Waals surface area contributed by atoms with Crippen LogP contribution in [0.5, 0.6) is 0 Å². The molecule has 0 aliphatic carbocycles. The van der Waals surface area contributed by atoms with Crippen LogP contribution in [0.4, 0.5) is 5.82 Å². The molecule has 0 aromatic carbocycles.